The second kappa shape index (κ2) is 8.41. The summed E-state index contributed by atoms with van der Waals surface area (Å²) in [7, 11) is -7.20. The van der Waals surface area contributed by atoms with E-state index in [2.05, 4.69) is 0 Å². The molecule has 10 heteroatoms. The lowest BCUT2D eigenvalue weighted by Crippen LogP contribution is -2.08. The molecule has 0 atom stereocenters. The van der Waals surface area contributed by atoms with E-state index >= 15 is 0 Å². The summed E-state index contributed by atoms with van der Waals surface area (Å²) < 4.78 is 49.1. The van der Waals surface area contributed by atoms with Crippen molar-refractivity contribution in [1.29, 1.82) is 0 Å². The van der Waals surface area contributed by atoms with Crippen molar-refractivity contribution in [3.8, 4) is 0 Å². The van der Waals surface area contributed by atoms with Gasteiger partial charge < -0.3 is 10.8 Å². The minimum absolute atomic E-state index is 0. The molecule has 0 saturated carbocycles. The molecule has 2 aromatic rings. The van der Waals surface area contributed by atoms with Gasteiger partial charge in [0.1, 0.15) is 4.21 Å². The van der Waals surface area contributed by atoms with Crippen molar-refractivity contribution < 1.29 is 21.9 Å². The highest BCUT2D eigenvalue weighted by molar-refractivity contribution is 7.93. The second-order valence-electron chi connectivity index (χ2n) is 4.80. The monoisotopic (exact) mass is 411 g/mol. The summed E-state index contributed by atoms with van der Waals surface area (Å²) in [6.07, 6.45) is 0.138. The molecule has 1 aromatic heterocycles. The highest BCUT2D eigenvalue weighted by atomic mass is 35.5. The third-order valence-electron chi connectivity index (χ3n) is 3.17. The van der Waals surface area contributed by atoms with E-state index in [0.29, 0.717) is 0 Å². The predicted octanol–water partition coefficient (Wildman–Crippen LogP) is 1.62. The third kappa shape index (κ3) is 4.56. The molecule has 3 N–H and O–H groups in total. The van der Waals surface area contributed by atoms with Gasteiger partial charge >= 0.3 is 0 Å². The maximum absolute atomic E-state index is 12.5. The molecule has 0 amide bonds. The molecule has 0 unspecified atom stereocenters. The fourth-order valence-corrected chi connectivity index (χ4v) is 5.86. The number of aliphatic hydroxyl groups is 1. The first kappa shape index (κ1) is 21.1. The van der Waals surface area contributed by atoms with Crippen LogP contribution in [0.4, 0.5) is 0 Å². The van der Waals surface area contributed by atoms with Gasteiger partial charge in [0.05, 0.1) is 15.5 Å². The molecule has 1 aromatic carbocycles. The van der Waals surface area contributed by atoms with Crippen LogP contribution >= 0.6 is 23.7 Å². The first-order valence-corrected chi connectivity index (χ1v) is 10.7. The lowest BCUT2D eigenvalue weighted by molar-refractivity contribution is 0.295. The summed E-state index contributed by atoms with van der Waals surface area (Å²) in [5, 5.41) is 8.72. The minimum atomic E-state index is -3.68. The molecule has 0 radical (unpaired) electrons. The Hall–Kier alpha value is -0.970. The Morgan fingerprint density at radius 2 is 1.54 bits per heavy atom. The van der Waals surface area contributed by atoms with Crippen molar-refractivity contribution in [3.63, 3.8) is 0 Å². The SMILES string of the molecule is Cl.NCc1ccc(S(=O)(=O)c2ccc(S(=O)(=O)CCCO)cc2)s1. The topological polar surface area (TPSA) is 115 Å². The molecule has 0 aliphatic carbocycles. The van der Waals surface area contributed by atoms with Crippen molar-refractivity contribution >= 4 is 43.4 Å². The van der Waals surface area contributed by atoms with Gasteiger partial charge in [-0.1, -0.05) is 0 Å². The van der Waals surface area contributed by atoms with Gasteiger partial charge in [0.25, 0.3) is 0 Å². The zero-order valence-corrected chi connectivity index (χ0v) is 15.8. The molecule has 1 heterocycles. The van der Waals surface area contributed by atoms with Crippen LogP contribution in [0, 0.1) is 0 Å². The number of rotatable bonds is 7. The van der Waals surface area contributed by atoms with E-state index in [1.807, 2.05) is 0 Å². The van der Waals surface area contributed by atoms with E-state index in [4.69, 9.17) is 10.8 Å². The third-order valence-corrected chi connectivity index (χ3v) is 8.35. The Balaban J connectivity index is 0.00000288. The zero-order valence-electron chi connectivity index (χ0n) is 12.6. The lowest BCUT2D eigenvalue weighted by Gasteiger charge is -2.06. The van der Waals surface area contributed by atoms with Crippen molar-refractivity contribution in [3.05, 3.63) is 41.3 Å². The summed E-state index contributed by atoms with van der Waals surface area (Å²) in [4.78, 5) is 0.828. The van der Waals surface area contributed by atoms with Gasteiger partial charge in [-0.25, -0.2) is 16.8 Å². The summed E-state index contributed by atoms with van der Waals surface area (Å²) in [6, 6.07) is 8.26. The van der Waals surface area contributed by atoms with Crippen molar-refractivity contribution in [2.75, 3.05) is 12.4 Å². The van der Waals surface area contributed by atoms with E-state index in [0.717, 1.165) is 16.2 Å². The van der Waals surface area contributed by atoms with Gasteiger partial charge in [0.2, 0.25) is 9.84 Å². The summed E-state index contributed by atoms with van der Waals surface area (Å²) in [5.41, 5.74) is 5.48. The van der Waals surface area contributed by atoms with Crippen molar-refractivity contribution in [1.82, 2.24) is 0 Å². The van der Waals surface area contributed by atoms with Gasteiger partial charge in [-0.3, -0.25) is 0 Å². The number of benzene rings is 1. The van der Waals surface area contributed by atoms with Gasteiger partial charge in [-0.2, -0.15) is 0 Å². The smallest absolute Gasteiger partial charge is 0.215 e. The molecular weight excluding hydrogens is 394 g/mol. The van der Waals surface area contributed by atoms with Crippen molar-refractivity contribution in [2.45, 2.75) is 27.0 Å². The summed E-state index contributed by atoms with van der Waals surface area (Å²) in [5.74, 6) is -0.180. The fraction of sp³-hybridized carbons (Fsp3) is 0.286. The number of halogens is 1. The van der Waals surface area contributed by atoms with Crippen LogP contribution in [0.25, 0.3) is 0 Å². The van der Waals surface area contributed by atoms with Gasteiger partial charge in [-0.15, -0.1) is 23.7 Å². The van der Waals surface area contributed by atoms with Crippen LogP contribution in [-0.2, 0) is 26.2 Å². The number of hydrogen-bond acceptors (Lipinski definition) is 7. The zero-order chi connectivity index (χ0) is 17.1. The van der Waals surface area contributed by atoms with E-state index in [1.165, 1.54) is 30.3 Å². The Morgan fingerprint density at radius 3 is 2.04 bits per heavy atom. The molecule has 0 spiro atoms. The average Bonchev–Trinajstić information content (AvgIpc) is 3.03. The molecule has 0 bridgehead atoms. The Labute approximate surface area is 151 Å². The van der Waals surface area contributed by atoms with E-state index in [-0.39, 0.29) is 51.7 Å². The largest absolute Gasteiger partial charge is 0.396 e. The Kier molecular flexibility index (Phi) is 7.39. The van der Waals surface area contributed by atoms with Gasteiger partial charge in [0, 0.05) is 18.0 Å². The van der Waals surface area contributed by atoms with Crippen LogP contribution in [0.1, 0.15) is 11.3 Å². The standard InChI is InChI=1S/C14H17NO5S3.ClH/c15-10-11-2-7-14(21-11)23(19,20)13-5-3-12(4-6-13)22(17,18)9-1-8-16;/h2-7,16H,1,8-10,15H2;1H. The average molecular weight is 412 g/mol. The minimum Gasteiger partial charge on any atom is -0.396 e. The molecule has 0 aliphatic heterocycles. The maximum atomic E-state index is 12.5. The maximum Gasteiger partial charge on any atom is 0.215 e. The van der Waals surface area contributed by atoms with Crippen LogP contribution in [0.3, 0.4) is 0 Å². The molecule has 0 saturated heterocycles. The normalized spacial score (nSPS) is 11.9. The summed E-state index contributed by atoms with van der Waals surface area (Å²) in [6.45, 7) is 0.0514. The van der Waals surface area contributed by atoms with Crippen LogP contribution in [0.5, 0.6) is 0 Å². The van der Waals surface area contributed by atoms with Crippen LogP contribution in [-0.4, -0.2) is 34.3 Å². The molecular formula is C14H18ClNO5S3. The molecule has 0 fully saturated rings. The predicted molar refractivity (Wildman–Crippen MR) is 95.1 cm³/mol. The van der Waals surface area contributed by atoms with Crippen LogP contribution in [0.15, 0.2) is 50.4 Å². The van der Waals surface area contributed by atoms with E-state index in [1.54, 1.807) is 6.07 Å². The first-order valence-electron chi connectivity index (χ1n) is 6.79. The van der Waals surface area contributed by atoms with E-state index in [9.17, 15) is 16.8 Å². The van der Waals surface area contributed by atoms with Gasteiger partial charge in [-0.05, 0) is 42.8 Å². The fourth-order valence-electron chi connectivity index (χ4n) is 1.93. The first-order chi connectivity index (χ1) is 10.8. The van der Waals surface area contributed by atoms with Crippen molar-refractivity contribution in [2.24, 2.45) is 5.73 Å². The molecule has 6 nitrogen and oxygen atoms in total. The number of nitrogens with two attached hydrogens (primary N) is 1. The second-order valence-corrected chi connectivity index (χ2v) is 10.2. The molecule has 134 valence electrons. The van der Waals surface area contributed by atoms with Crippen LogP contribution in [0.2, 0.25) is 0 Å². The highest BCUT2D eigenvalue weighted by Crippen LogP contribution is 2.28. The van der Waals surface area contributed by atoms with Crippen LogP contribution < -0.4 is 5.73 Å². The molecule has 0 aliphatic rings. The van der Waals surface area contributed by atoms with Gasteiger partial charge in [0.15, 0.2) is 9.84 Å². The number of thiophene rings is 1. The number of sulfone groups is 2. The Bertz CT molecular complexity index is 873. The van der Waals surface area contributed by atoms with E-state index < -0.39 is 19.7 Å². The number of aliphatic hydroxyl groups excluding tert-OH is 1. The summed E-state index contributed by atoms with van der Waals surface area (Å²) >= 11 is 1.10. The quantitative estimate of drug-likeness (QED) is 0.715. The molecule has 24 heavy (non-hydrogen) atoms. The highest BCUT2D eigenvalue weighted by Gasteiger charge is 2.21. The molecule has 2 rings (SSSR count). The number of hydrogen-bond donors (Lipinski definition) is 2. The Morgan fingerprint density at radius 1 is 0.958 bits per heavy atom. The lowest BCUT2D eigenvalue weighted by atomic mass is 10.4.